The maximum Gasteiger partial charge on any atom is 0.122 e. The van der Waals surface area contributed by atoms with E-state index in [0.29, 0.717) is 6.61 Å². The van der Waals surface area contributed by atoms with E-state index in [1.807, 2.05) is 0 Å². The second-order valence-electron chi connectivity index (χ2n) is 5.86. The van der Waals surface area contributed by atoms with Crippen molar-refractivity contribution in [2.75, 3.05) is 20.3 Å². The number of aliphatic hydroxyl groups is 1. The van der Waals surface area contributed by atoms with Gasteiger partial charge in [0, 0.05) is 25.1 Å². The third-order valence-electron chi connectivity index (χ3n) is 4.42. The first-order valence-corrected chi connectivity index (χ1v) is 7.06. The van der Waals surface area contributed by atoms with Gasteiger partial charge in [-0.25, -0.2) is 0 Å². The lowest BCUT2D eigenvalue weighted by atomic mass is 9.69. The van der Waals surface area contributed by atoms with Crippen LogP contribution in [0.4, 0.5) is 0 Å². The summed E-state index contributed by atoms with van der Waals surface area (Å²) in [4.78, 5) is 0. The second-order valence-corrected chi connectivity index (χ2v) is 5.86. The molecule has 1 aliphatic carbocycles. The molecular weight excluding hydrogens is 238 g/mol. The Morgan fingerprint density at radius 3 is 2.53 bits per heavy atom. The van der Waals surface area contributed by atoms with Crippen LogP contribution in [0.5, 0.6) is 5.75 Å². The number of hydrogen-bond donors (Lipinski definition) is 2. The molecule has 1 fully saturated rings. The van der Waals surface area contributed by atoms with Crippen LogP contribution in [0.1, 0.15) is 36.0 Å². The topological polar surface area (TPSA) is 41.5 Å². The number of aryl methyl sites for hydroxylation is 2. The Hall–Kier alpha value is -1.06. The number of nitrogens with one attached hydrogen (secondary N) is 1. The molecule has 19 heavy (non-hydrogen) atoms. The van der Waals surface area contributed by atoms with E-state index in [1.54, 1.807) is 7.11 Å². The van der Waals surface area contributed by atoms with Crippen molar-refractivity contribution >= 4 is 0 Å². The Morgan fingerprint density at radius 2 is 2.00 bits per heavy atom. The molecule has 0 amide bonds. The van der Waals surface area contributed by atoms with Gasteiger partial charge in [0.1, 0.15) is 5.75 Å². The average Bonchev–Trinajstić information content (AvgIpc) is 2.36. The van der Waals surface area contributed by atoms with Gasteiger partial charge in [-0.15, -0.1) is 0 Å². The molecule has 1 aromatic carbocycles. The Bertz CT molecular complexity index is 433. The van der Waals surface area contributed by atoms with Crippen molar-refractivity contribution < 1.29 is 9.84 Å². The van der Waals surface area contributed by atoms with Crippen LogP contribution < -0.4 is 10.1 Å². The van der Waals surface area contributed by atoms with Gasteiger partial charge in [-0.1, -0.05) is 12.5 Å². The van der Waals surface area contributed by atoms with E-state index >= 15 is 0 Å². The predicted molar refractivity (Wildman–Crippen MR) is 77.5 cm³/mol. The van der Waals surface area contributed by atoms with E-state index in [4.69, 9.17) is 4.74 Å². The van der Waals surface area contributed by atoms with E-state index in [1.165, 1.54) is 23.1 Å². The SMILES string of the molecule is COc1cc(C)c(CNCC2(CO)CCC2)cc1C. The Kier molecular flexibility index (Phi) is 4.48. The first-order valence-electron chi connectivity index (χ1n) is 7.06. The molecule has 0 aliphatic heterocycles. The summed E-state index contributed by atoms with van der Waals surface area (Å²) >= 11 is 0. The number of aliphatic hydroxyl groups excluding tert-OH is 1. The lowest BCUT2D eigenvalue weighted by molar-refractivity contribution is 0.0445. The molecule has 0 aromatic heterocycles. The van der Waals surface area contributed by atoms with Gasteiger partial charge >= 0.3 is 0 Å². The standard InChI is InChI=1S/C16H25NO2/c1-12-8-15(19-3)13(2)7-14(12)9-17-10-16(11-18)5-4-6-16/h7-8,17-18H,4-6,9-11H2,1-3H3. The van der Waals surface area contributed by atoms with Gasteiger partial charge in [0.2, 0.25) is 0 Å². The van der Waals surface area contributed by atoms with Crippen LogP contribution in [0.25, 0.3) is 0 Å². The Balaban J connectivity index is 1.94. The largest absolute Gasteiger partial charge is 0.496 e. The minimum Gasteiger partial charge on any atom is -0.496 e. The summed E-state index contributed by atoms with van der Waals surface area (Å²) in [7, 11) is 1.71. The molecule has 0 radical (unpaired) electrons. The second kappa shape index (κ2) is 5.93. The molecular formula is C16H25NO2. The molecule has 3 heteroatoms. The fraction of sp³-hybridized carbons (Fsp3) is 0.625. The van der Waals surface area contributed by atoms with E-state index in [2.05, 4.69) is 31.3 Å². The number of methoxy groups -OCH3 is 1. The predicted octanol–water partition coefficient (Wildman–Crippen LogP) is 2.56. The van der Waals surface area contributed by atoms with Crippen molar-refractivity contribution in [3.63, 3.8) is 0 Å². The number of rotatable bonds is 6. The molecule has 106 valence electrons. The maximum absolute atomic E-state index is 9.44. The lowest BCUT2D eigenvalue weighted by Gasteiger charge is -2.40. The molecule has 2 N–H and O–H groups in total. The molecule has 1 aliphatic rings. The third-order valence-corrected chi connectivity index (χ3v) is 4.42. The molecule has 3 nitrogen and oxygen atoms in total. The van der Waals surface area contributed by atoms with Crippen LogP contribution in [0.2, 0.25) is 0 Å². The van der Waals surface area contributed by atoms with Gasteiger partial charge in [0.05, 0.1) is 7.11 Å². The lowest BCUT2D eigenvalue weighted by Crippen LogP contribution is -2.42. The van der Waals surface area contributed by atoms with Gasteiger partial charge in [0.25, 0.3) is 0 Å². The summed E-state index contributed by atoms with van der Waals surface area (Å²) in [6.07, 6.45) is 3.55. The van der Waals surface area contributed by atoms with E-state index in [0.717, 1.165) is 31.7 Å². The van der Waals surface area contributed by atoms with Crippen LogP contribution in [0.3, 0.4) is 0 Å². The molecule has 0 atom stereocenters. The minimum absolute atomic E-state index is 0.148. The van der Waals surface area contributed by atoms with E-state index in [-0.39, 0.29) is 5.41 Å². The number of hydrogen-bond acceptors (Lipinski definition) is 3. The molecule has 0 spiro atoms. The fourth-order valence-corrected chi connectivity index (χ4v) is 2.79. The highest BCUT2D eigenvalue weighted by Gasteiger charge is 2.35. The van der Waals surface area contributed by atoms with Gasteiger partial charge in [0.15, 0.2) is 0 Å². The van der Waals surface area contributed by atoms with Crippen molar-refractivity contribution in [2.24, 2.45) is 5.41 Å². The highest BCUT2D eigenvalue weighted by molar-refractivity contribution is 5.41. The van der Waals surface area contributed by atoms with Gasteiger partial charge in [-0.2, -0.15) is 0 Å². The summed E-state index contributed by atoms with van der Waals surface area (Å²) in [5.41, 5.74) is 3.88. The number of benzene rings is 1. The first kappa shape index (κ1) is 14.4. The van der Waals surface area contributed by atoms with Crippen LogP contribution in [-0.4, -0.2) is 25.4 Å². The average molecular weight is 263 g/mol. The summed E-state index contributed by atoms with van der Waals surface area (Å²) in [6, 6.07) is 4.28. The van der Waals surface area contributed by atoms with E-state index < -0.39 is 0 Å². The summed E-state index contributed by atoms with van der Waals surface area (Å²) in [5, 5.41) is 12.9. The summed E-state index contributed by atoms with van der Waals surface area (Å²) < 4.78 is 5.33. The van der Waals surface area contributed by atoms with Crippen molar-refractivity contribution in [3.05, 3.63) is 28.8 Å². The molecule has 2 rings (SSSR count). The minimum atomic E-state index is 0.148. The van der Waals surface area contributed by atoms with E-state index in [9.17, 15) is 5.11 Å². The smallest absolute Gasteiger partial charge is 0.122 e. The molecule has 0 saturated heterocycles. The van der Waals surface area contributed by atoms with Gasteiger partial charge in [-0.05, 0) is 49.4 Å². The van der Waals surface area contributed by atoms with Crippen molar-refractivity contribution in [1.82, 2.24) is 5.32 Å². The zero-order valence-corrected chi connectivity index (χ0v) is 12.3. The summed E-state index contributed by atoms with van der Waals surface area (Å²) in [6.45, 7) is 6.26. The van der Waals surface area contributed by atoms with Crippen LogP contribution in [0.15, 0.2) is 12.1 Å². The molecule has 1 aromatic rings. The van der Waals surface area contributed by atoms with Crippen LogP contribution in [0, 0.1) is 19.3 Å². The monoisotopic (exact) mass is 263 g/mol. The van der Waals surface area contributed by atoms with Gasteiger partial charge in [-0.3, -0.25) is 0 Å². The zero-order chi connectivity index (χ0) is 13.9. The van der Waals surface area contributed by atoms with Crippen LogP contribution >= 0.6 is 0 Å². The van der Waals surface area contributed by atoms with Crippen molar-refractivity contribution in [2.45, 2.75) is 39.7 Å². The fourth-order valence-electron chi connectivity index (χ4n) is 2.79. The molecule has 1 saturated carbocycles. The molecule has 0 heterocycles. The quantitative estimate of drug-likeness (QED) is 0.829. The first-order chi connectivity index (χ1) is 9.10. The summed E-state index contributed by atoms with van der Waals surface area (Å²) in [5.74, 6) is 0.951. The maximum atomic E-state index is 9.44. The Labute approximate surface area is 116 Å². The number of ether oxygens (including phenoxy) is 1. The third kappa shape index (κ3) is 3.10. The van der Waals surface area contributed by atoms with Crippen molar-refractivity contribution in [3.8, 4) is 5.75 Å². The van der Waals surface area contributed by atoms with Crippen LogP contribution in [-0.2, 0) is 6.54 Å². The highest BCUT2D eigenvalue weighted by atomic mass is 16.5. The zero-order valence-electron chi connectivity index (χ0n) is 12.3. The van der Waals surface area contributed by atoms with Crippen molar-refractivity contribution in [1.29, 1.82) is 0 Å². The molecule has 0 unspecified atom stereocenters. The Morgan fingerprint density at radius 1 is 1.26 bits per heavy atom. The molecule has 0 bridgehead atoms. The highest BCUT2D eigenvalue weighted by Crippen LogP contribution is 2.39. The van der Waals surface area contributed by atoms with Gasteiger partial charge < -0.3 is 15.2 Å². The normalized spacial score (nSPS) is 17.1.